The second kappa shape index (κ2) is 8.87. The summed E-state index contributed by atoms with van der Waals surface area (Å²) in [4.78, 5) is 42.2. The first-order valence-corrected chi connectivity index (χ1v) is 11.5. The normalized spacial score (nSPS) is 18.6. The van der Waals surface area contributed by atoms with Gasteiger partial charge in [-0.15, -0.1) is 0 Å². The molecule has 8 heteroatoms. The molecule has 1 aromatic heterocycles. The molecule has 1 atom stereocenters. The lowest BCUT2D eigenvalue weighted by Crippen LogP contribution is -2.35. The van der Waals surface area contributed by atoms with Crippen LogP contribution in [0.15, 0.2) is 66.9 Å². The number of fused-ring (bicyclic) bond motifs is 3. The van der Waals surface area contributed by atoms with E-state index in [9.17, 15) is 19.5 Å². The van der Waals surface area contributed by atoms with Crippen molar-refractivity contribution in [1.82, 2.24) is 9.88 Å². The van der Waals surface area contributed by atoms with Gasteiger partial charge in [-0.3, -0.25) is 14.9 Å². The standard InChI is InChI=1S/C27H25N3O5/c1-27(25(32)33)12-13-30(16-27)24(31)23-11-10-17(14-28-23)29-26(34)35-15-22-20-8-4-2-6-18(20)19-7-3-5-9-21(19)22/h2-11,14,22H,12-13,15-16H2,1H3,(H,29,34)(H,32,33). The number of nitrogens with one attached hydrogen (secondary N) is 1. The van der Waals surface area contributed by atoms with Crippen molar-refractivity contribution in [1.29, 1.82) is 0 Å². The lowest BCUT2D eigenvalue weighted by Gasteiger charge is -2.20. The molecule has 2 aromatic carbocycles. The number of likely N-dealkylation sites (tertiary alicyclic amines) is 1. The molecule has 0 radical (unpaired) electrons. The summed E-state index contributed by atoms with van der Waals surface area (Å²) in [6.07, 6.45) is 1.18. The predicted molar refractivity (Wildman–Crippen MR) is 129 cm³/mol. The lowest BCUT2D eigenvalue weighted by atomic mass is 9.90. The predicted octanol–water partition coefficient (Wildman–Crippen LogP) is 4.38. The number of aliphatic carboxylic acids is 1. The van der Waals surface area contributed by atoms with Crippen molar-refractivity contribution in [2.75, 3.05) is 25.0 Å². The number of ether oxygens (including phenoxy) is 1. The zero-order valence-electron chi connectivity index (χ0n) is 19.2. The summed E-state index contributed by atoms with van der Waals surface area (Å²) in [6, 6.07) is 19.3. The van der Waals surface area contributed by atoms with E-state index in [2.05, 4.69) is 34.6 Å². The van der Waals surface area contributed by atoms with Crippen molar-refractivity contribution in [3.8, 4) is 11.1 Å². The molecule has 1 saturated heterocycles. The van der Waals surface area contributed by atoms with Crippen LogP contribution in [0.1, 0.15) is 40.9 Å². The number of hydrogen-bond donors (Lipinski definition) is 2. The highest BCUT2D eigenvalue weighted by molar-refractivity contribution is 5.94. The first kappa shape index (κ1) is 22.6. The maximum Gasteiger partial charge on any atom is 0.411 e. The molecule has 0 spiro atoms. The van der Waals surface area contributed by atoms with Gasteiger partial charge in [-0.05, 0) is 47.7 Å². The molecule has 35 heavy (non-hydrogen) atoms. The summed E-state index contributed by atoms with van der Waals surface area (Å²) in [5.74, 6) is -1.28. The highest BCUT2D eigenvalue weighted by Crippen LogP contribution is 2.44. The van der Waals surface area contributed by atoms with Crippen LogP contribution in [0.25, 0.3) is 11.1 Å². The zero-order valence-corrected chi connectivity index (χ0v) is 19.2. The van der Waals surface area contributed by atoms with Gasteiger partial charge in [0.05, 0.1) is 17.3 Å². The van der Waals surface area contributed by atoms with E-state index in [1.807, 2.05) is 24.3 Å². The second-order valence-corrected chi connectivity index (χ2v) is 9.23. The number of anilines is 1. The molecule has 1 aliphatic carbocycles. The van der Waals surface area contributed by atoms with Gasteiger partial charge in [0.2, 0.25) is 0 Å². The Balaban J connectivity index is 1.19. The number of carboxylic acids is 1. The molecule has 0 bridgehead atoms. The summed E-state index contributed by atoms with van der Waals surface area (Å²) in [7, 11) is 0. The summed E-state index contributed by atoms with van der Waals surface area (Å²) in [5, 5.41) is 12.0. The number of rotatable bonds is 5. The molecular weight excluding hydrogens is 446 g/mol. The smallest absolute Gasteiger partial charge is 0.411 e. The van der Waals surface area contributed by atoms with E-state index in [1.54, 1.807) is 13.0 Å². The van der Waals surface area contributed by atoms with Crippen molar-refractivity contribution >= 4 is 23.7 Å². The number of carbonyl (C=O) groups is 3. The molecule has 5 rings (SSSR count). The van der Waals surface area contributed by atoms with E-state index < -0.39 is 17.5 Å². The van der Waals surface area contributed by atoms with Crippen LogP contribution in [0.5, 0.6) is 0 Å². The van der Waals surface area contributed by atoms with Crippen LogP contribution >= 0.6 is 0 Å². The van der Waals surface area contributed by atoms with E-state index in [0.29, 0.717) is 18.7 Å². The van der Waals surface area contributed by atoms with Crippen LogP contribution < -0.4 is 5.32 Å². The van der Waals surface area contributed by atoms with E-state index in [0.717, 1.165) is 22.3 Å². The number of amides is 2. The number of hydrogen-bond acceptors (Lipinski definition) is 5. The van der Waals surface area contributed by atoms with Gasteiger partial charge in [0, 0.05) is 19.0 Å². The van der Waals surface area contributed by atoms with Crippen molar-refractivity contribution in [2.24, 2.45) is 5.41 Å². The fraction of sp³-hybridized carbons (Fsp3) is 0.259. The summed E-state index contributed by atoms with van der Waals surface area (Å²) in [5.41, 5.74) is 4.22. The Hall–Kier alpha value is -4.20. The topological polar surface area (TPSA) is 109 Å². The molecular formula is C27H25N3O5. The van der Waals surface area contributed by atoms with E-state index >= 15 is 0 Å². The monoisotopic (exact) mass is 471 g/mol. The van der Waals surface area contributed by atoms with Gasteiger partial charge in [-0.2, -0.15) is 0 Å². The minimum absolute atomic E-state index is 0.0387. The number of nitrogens with zero attached hydrogens (tertiary/aromatic N) is 2. The molecule has 2 amide bonds. The Morgan fingerprint density at radius 3 is 2.29 bits per heavy atom. The van der Waals surface area contributed by atoms with Crippen molar-refractivity contribution in [2.45, 2.75) is 19.3 Å². The third kappa shape index (κ3) is 4.23. The molecule has 8 nitrogen and oxygen atoms in total. The Kier molecular flexibility index (Phi) is 5.72. The summed E-state index contributed by atoms with van der Waals surface area (Å²) >= 11 is 0. The highest BCUT2D eigenvalue weighted by atomic mass is 16.5. The molecule has 0 saturated carbocycles. The third-order valence-electron chi connectivity index (χ3n) is 6.85. The van der Waals surface area contributed by atoms with Gasteiger partial charge in [0.15, 0.2) is 0 Å². The van der Waals surface area contributed by atoms with Crippen LogP contribution in [0.3, 0.4) is 0 Å². The Morgan fingerprint density at radius 2 is 1.71 bits per heavy atom. The lowest BCUT2D eigenvalue weighted by molar-refractivity contribution is -0.147. The second-order valence-electron chi connectivity index (χ2n) is 9.23. The Labute approximate surface area is 202 Å². The largest absolute Gasteiger partial charge is 0.481 e. The molecule has 1 aliphatic heterocycles. The number of aromatic nitrogens is 1. The number of benzene rings is 2. The number of carbonyl (C=O) groups excluding carboxylic acids is 2. The molecule has 3 aromatic rings. The van der Waals surface area contributed by atoms with Gasteiger partial charge < -0.3 is 14.7 Å². The summed E-state index contributed by atoms with van der Waals surface area (Å²) < 4.78 is 5.54. The van der Waals surface area contributed by atoms with E-state index in [4.69, 9.17) is 4.74 Å². The fourth-order valence-corrected chi connectivity index (χ4v) is 4.82. The molecule has 2 aliphatic rings. The first-order valence-electron chi connectivity index (χ1n) is 11.5. The molecule has 1 fully saturated rings. The maximum absolute atomic E-state index is 12.7. The average molecular weight is 472 g/mol. The Morgan fingerprint density at radius 1 is 1.06 bits per heavy atom. The van der Waals surface area contributed by atoms with Gasteiger partial charge in [-0.1, -0.05) is 48.5 Å². The van der Waals surface area contributed by atoms with Gasteiger partial charge in [-0.25, -0.2) is 9.78 Å². The van der Waals surface area contributed by atoms with Crippen molar-refractivity contribution in [3.05, 3.63) is 83.7 Å². The van der Waals surface area contributed by atoms with Crippen LogP contribution in [-0.4, -0.2) is 52.7 Å². The zero-order chi connectivity index (χ0) is 24.6. The van der Waals surface area contributed by atoms with Gasteiger partial charge in [0.1, 0.15) is 12.3 Å². The summed E-state index contributed by atoms with van der Waals surface area (Å²) in [6.45, 7) is 2.34. The van der Waals surface area contributed by atoms with E-state index in [1.165, 1.54) is 17.2 Å². The van der Waals surface area contributed by atoms with Gasteiger partial charge >= 0.3 is 12.1 Å². The highest BCUT2D eigenvalue weighted by Gasteiger charge is 2.42. The molecule has 2 heterocycles. The third-order valence-corrected chi connectivity index (χ3v) is 6.85. The quantitative estimate of drug-likeness (QED) is 0.572. The van der Waals surface area contributed by atoms with E-state index in [-0.39, 0.29) is 30.7 Å². The molecule has 2 N–H and O–H groups in total. The number of pyridine rings is 1. The fourth-order valence-electron chi connectivity index (χ4n) is 4.82. The maximum atomic E-state index is 12.7. The SMILES string of the molecule is CC1(C(=O)O)CCN(C(=O)c2ccc(NC(=O)OCC3c4ccccc4-c4ccccc43)cn2)C1. The average Bonchev–Trinajstić information content (AvgIpc) is 3.42. The number of carboxylic acid groups (broad SMARTS) is 1. The van der Waals surface area contributed by atoms with Crippen LogP contribution in [0.4, 0.5) is 10.5 Å². The van der Waals surface area contributed by atoms with Crippen LogP contribution in [0, 0.1) is 5.41 Å². The van der Waals surface area contributed by atoms with Gasteiger partial charge in [0.25, 0.3) is 5.91 Å². The van der Waals surface area contributed by atoms with Crippen molar-refractivity contribution in [3.63, 3.8) is 0 Å². The Bertz CT molecular complexity index is 1260. The van der Waals surface area contributed by atoms with Crippen LogP contribution in [-0.2, 0) is 9.53 Å². The first-order chi connectivity index (χ1) is 16.9. The molecule has 1 unspecified atom stereocenters. The van der Waals surface area contributed by atoms with Crippen molar-refractivity contribution < 1.29 is 24.2 Å². The molecule has 178 valence electrons. The van der Waals surface area contributed by atoms with Crippen LogP contribution in [0.2, 0.25) is 0 Å². The minimum atomic E-state index is -0.943. The minimum Gasteiger partial charge on any atom is -0.481 e.